The lowest BCUT2D eigenvalue weighted by molar-refractivity contribution is -0.144. The molecule has 4 saturated carbocycles. The molecule has 426 valence electrons. The predicted octanol–water partition coefficient (Wildman–Crippen LogP) is 8.10. The van der Waals surface area contributed by atoms with Crippen LogP contribution in [0.1, 0.15) is 124 Å². The first kappa shape index (κ1) is 57.0. The zero-order chi connectivity index (χ0) is 57.4. The van der Waals surface area contributed by atoms with Gasteiger partial charge < -0.3 is 30.9 Å². The zero-order valence-electron chi connectivity index (χ0n) is 46.9. The quantitative estimate of drug-likeness (QED) is 0.0358. The first-order valence-electron chi connectivity index (χ1n) is 28.0. The Labute approximate surface area is 477 Å². The number of carbonyl (C=O) groups is 4. The van der Waals surface area contributed by atoms with Crippen molar-refractivity contribution in [1.82, 2.24) is 50.2 Å². The maximum atomic E-state index is 14.5. The lowest BCUT2D eigenvalue weighted by Crippen LogP contribution is -2.57. The number of nitrogens with one attached hydrogen (secondary N) is 4. The third-order valence-electron chi connectivity index (χ3n) is 16.8. The molecule has 1 saturated heterocycles. The second-order valence-electron chi connectivity index (χ2n) is 24.1. The molecular formula is C60H72N12O7S2. The third kappa shape index (κ3) is 12.9. The van der Waals surface area contributed by atoms with Crippen LogP contribution in [0.2, 0.25) is 0 Å². The van der Waals surface area contributed by atoms with E-state index in [0.717, 1.165) is 51.3 Å². The number of β-amino-alcohol motifs (C(OH)–C–C–N with tert-alkyl or cyclic N) is 1. The number of fused-ring (bicyclic) bond motifs is 1. The number of likely N-dealkylation sites (tertiary alicyclic amines) is 1. The number of terminal acetylenes is 1. The number of carbonyl (C=O) groups excluding carboxylic acids is 4. The fraction of sp³-hybridized carbons (Fsp3) is 0.483. The van der Waals surface area contributed by atoms with Crippen molar-refractivity contribution in [2.24, 2.45) is 28.6 Å². The lowest BCUT2D eigenvalue weighted by Gasteiger charge is -2.56. The average molecular weight is 1140 g/mol. The zero-order valence-corrected chi connectivity index (χ0v) is 48.5. The number of pyridine rings is 1. The molecule has 4 aliphatic carbocycles. The predicted molar refractivity (Wildman–Crippen MR) is 312 cm³/mol. The van der Waals surface area contributed by atoms with Crippen LogP contribution in [0.4, 0.5) is 22.6 Å². The Kier molecular flexibility index (Phi) is 16.4. The van der Waals surface area contributed by atoms with Gasteiger partial charge in [-0.05, 0) is 147 Å². The molecule has 1 aliphatic heterocycles. The molecule has 5 aliphatic rings. The minimum absolute atomic E-state index is 0.00689. The van der Waals surface area contributed by atoms with Gasteiger partial charge in [0.25, 0.3) is 5.91 Å². The molecule has 19 nitrogen and oxygen atoms in total. The molecule has 3 atom stereocenters. The maximum Gasteiger partial charge on any atom is 0.284 e. The summed E-state index contributed by atoms with van der Waals surface area (Å²) in [6, 6.07) is 18.4. The van der Waals surface area contributed by atoms with E-state index >= 15 is 0 Å². The van der Waals surface area contributed by atoms with E-state index in [9.17, 15) is 32.7 Å². The van der Waals surface area contributed by atoms with Gasteiger partial charge in [0.15, 0.2) is 16.8 Å². The molecular weight excluding hydrogens is 1060 g/mol. The molecule has 4 amide bonds. The van der Waals surface area contributed by atoms with E-state index in [1.54, 1.807) is 75.3 Å². The van der Waals surface area contributed by atoms with Crippen LogP contribution < -0.4 is 25.6 Å². The monoisotopic (exact) mass is 1140 g/mol. The summed E-state index contributed by atoms with van der Waals surface area (Å²) in [5.74, 6) is 3.53. The van der Waals surface area contributed by atoms with Crippen LogP contribution in [-0.4, -0.2) is 110 Å². The van der Waals surface area contributed by atoms with Crippen molar-refractivity contribution < 1.29 is 32.7 Å². The fourth-order valence-corrected chi connectivity index (χ4v) is 14.9. The topological polar surface area (TPSA) is 247 Å². The van der Waals surface area contributed by atoms with Crippen molar-refractivity contribution in [3.8, 4) is 23.5 Å². The molecule has 2 aromatic carbocycles. The molecule has 6 aromatic rings. The summed E-state index contributed by atoms with van der Waals surface area (Å²) in [7, 11) is -2.46. The Hall–Kier alpha value is -7.28. The van der Waals surface area contributed by atoms with Gasteiger partial charge >= 0.3 is 0 Å². The standard InChI is InChI=1S/C60H72N12O7S2/c1-8-38-17-19-39(20-18-38)32-61-55(75)47-28-43(73)34-71(47)57(77)53(59(4,5)6)65-51(74)16-10-9-13-23-81(78,79)69-56(76)52-44(45-33-62-72(37(45)3)35-60-29-40-25-41(30-60)27-42(26-40)31-60)21-22-49(64-52)70(7)50-24-36(2)54(68-67-50)66-58-63-46-14-11-12-15-48(46)80-58/h1,11-12,14-15,17-22,24,33,40-43,47,53,73H,9-10,13,16,23,25-32,34-35H2,2-7H3,(H,61,75)(H,65,74)(H,69,76)(H,63,66,68)/t40?,41?,42?,43-,47+,53-,60?/m1/s1. The van der Waals surface area contributed by atoms with Crippen molar-refractivity contribution in [1.29, 1.82) is 0 Å². The number of nitrogens with zero attached hydrogens (tertiary/aromatic N) is 8. The Balaban J connectivity index is 0.788. The largest absolute Gasteiger partial charge is 0.391 e. The van der Waals surface area contributed by atoms with Gasteiger partial charge in [0.1, 0.15) is 23.6 Å². The first-order valence-corrected chi connectivity index (χ1v) is 30.5. The number of amides is 4. The summed E-state index contributed by atoms with van der Waals surface area (Å²) in [5, 5.41) is 34.2. The minimum Gasteiger partial charge on any atom is -0.391 e. The summed E-state index contributed by atoms with van der Waals surface area (Å²) in [4.78, 5) is 68.0. The molecule has 21 heteroatoms. The first-order chi connectivity index (χ1) is 38.6. The number of benzene rings is 2. The Bertz CT molecular complexity index is 3440. The van der Waals surface area contributed by atoms with E-state index in [2.05, 4.69) is 46.5 Å². The third-order valence-corrected chi connectivity index (χ3v) is 19.0. The Morgan fingerprint density at radius 2 is 1.62 bits per heavy atom. The molecule has 0 spiro atoms. The van der Waals surface area contributed by atoms with Gasteiger partial charge in [-0.1, -0.05) is 68.7 Å². The number of hydrogen-bond acceptors (Lipinski definition) is 15. The van der Waals surface area contributed by atoms with Gasteiger partial charge in [-0.15, -0.1) is 16.6 Å². The number of sulfonamides is 1. The Morgan fingerprint density at radius 1 is 0.901 bits per heavy atom. The number of aromatic nitrogens is 6. The number of aryl methyl sites for hydroxylation is 1. The van der Waals surface area contributed by atoms with Crippen LogP contribution in [0.5, 0.6) is 0 Å². The molecule has 81 heavy (non-hydrogen) atoms. The van der Waals surface area contributed by atoms with Crippen LogP contribution in [-0.2, 0) is 37.5 Å². The van der Waals surface area contributed by atoms with Crippen molar-refractivity contribution in [3.63, 3.8) is 0 Å². The number of aliphatic hydroxyl groups is 1. The summed E-state index contributed by atoms with van der Waals surface area (Å²) in [6.07, 6.45) is 14.7. The van der Waals surface area contributed by atoms with Crippen LogP contribution in [0.15, 0.2) is 72.9 Å². The number of anilines is 4. The molecule has 4 aromatic heterocycles. The van der Waals surface area contributed by atoms with E-state index in [1.807, 2.05) is 44.2 Å². The highest BCUT2D eigenvalue weighted by molar-refractivity contribution is 7.90. The highest BCUT2D eigenvalue weighted by atomic mass is 32.2. The average Bonchev–Trinajstić information content (AvgIpc) is 4.33. The molecule has 5 N–H and O–H groups in total. The van der Waals surface area contributed by atoms with E-state index < -0.39 is 63.0 Å². The van der Waals surface area contributed by atoms with Crippen molar-refractivity contribution in [3.05, 3.63) is 101 Å². The maximum absolute atomic E-state index is 14.5. The fourth-order valence-electron chi connectivity index (χ4n) is 13.0. The van der Waals surface area contributed by atoms with E-state index in [0.29, 0.717) is 52.1 Å². The van der Waals surface area contributed by atoms with Gasteiger partial charge in [-0.3, -0.25) is 23.9 Å². The highest BCUT2D eigenvalue weighted by Gasteiger charge is 2.51. The second-order valence-corrected chi connectivity index (χ2v) is 26.9. The van der Waals surface area contributed by atoms with Gasteiger partial charge in [-0.25, -0.2) is 23.1 Å². The molecule has 5 fully saturated rings. The second kappa shape index (κ2) is 23.3. The number of thiazole rings is 1. The van der Waals surface area contributed by atoms with Crippen molar-refractivity contribution in [2.45, 2.75) is 137 Å². The molecule has 11 rings (SSSR count). The van der Waals surface area contributed by atoms with Gasteiger partial charge in [-0.2, -0.15) is 5.10 Å². The highest BCUT2D eigenvalue weighted by Crippen LogP contribution is 2.60. The van der Waals surface area contributed by atoms with Gasteiger partial charge in [0.05, 0.1) is 28.3 Å². The lowest BCUT2D eigenvalue weighted by atomic mass is 9.49. The number of unbranched alkanes of at least 4 members (excludes halogenated alkanes) is 2. The molecule has 0 unspecified atom stereocenters. The summed E-state index contributed by atoms with van der Waals surface area (Å²) < 4.78 is 32.9. The van der Waals surface area contributed by atoms with Crippen molar-refractivity contribution in [2.75, 3.05) is 29.6 Å². The van der Waals surface area contributed by atoms with Crippen LogP contribution in [0.25, 0.3) is 21.3 Å². The van der Waals surface area contributed by atoms with Crippen LogP contribution >= 0.6 is 11.3 Å². The summed E-state index contributed by atoms with van der Waals surface area (Å²) >= 11 is 1.51. The number of hydrogen-bond donors (Lipinski definition) is 5. The van der Waals surface area contributed by atoms with Gasteiger partial charge in [0.2, 0.25) is 27.7 Å². The number of rotatable bonds is 20. The SMILES string of the molecule is C#Cc1ccc(CNC(=O)[C@@H]2C[C@@H](O)CN2C(=O)[C@@H](NC(=O)CCCCCS(=O)(=O)NC(=O)c2nc(N(C)c3cc(C)c(Nc4nc5ccccc5s4)nn3)ccc2-c2cnn(CC34CC5CC(CC(C5)C3)C4)c2C)C(C)(C)C)cc1. The summed E-state index contributed by atoms with van der Waals surface area (Å²) in [6.45, 7) is 10.2. The Morgan fingerprint density at radius 3 is 2.30 bits per heavy atom. The van der Waals surface area contributed by atoms with Gasteiger partial charge in [0, 0.05) is 61.9 Å². The number of aliphatic hydroxyl groups excluding tert-OH is 1. The molecule has 0 radical (unpaired) electrons. The normalized spacial score (nSPS) is 21.6. The molecule has 5 heterocycles. The van der Waals surface area contributed by atoms with E-state index in [4.69, 9.17) is 16.5 Å². The van der Waals surface area contributed by atoms with E-state index in [-0.39, 0.29) is 43.5 Å². The van der Waals surface area contributed by atoms with E-state index in [1.165, 1.54) is 54.8 Å². The number of para-hydroxylation sites is 1. The smallest absolute Gasteiger partial charge is 0.284 e. The molecule has 4 bridgehead atoms. The van der Waals surface area contributed by atoms with Crippen LogP contribution in [0, 0.1) is 54.8 Å². The van der Waals surface area contributed by atoms with Crippen molar-refractivity contribution >= 4 is 77.8 Å². The minimum atomic E-state index is -4.21. The summed E-state index contributed by atoms with van der Waals surface area (Å²) in [5.41, 5.74) is 4.50. The van der Waals surface area contributed by atoms with Crippen LogP contribution in [0.3, 0.4) is 0 Å².